The molecule has 0 spiro atoms. The van der Waals surface area contributed by atoms with E-state index in [1.807, 2.05) is 6.92 Å². The van der Waals surface area contributed by atoms with Gasteiger partial charge in [-0.3, -0.25) is 9.59 Å². The maximum Gasteiger partial charge on any atom is 0.313 e. The van der Waals surface area contributed by atoms with Crippen molar-refractivity contribution in [1.82, 2.24) is 14.8 Å². The molecule has 2 aromatic rings. The van der Waals surface area contributed by atoms with Gasteiger partial charge in [-0.1, -0.05) is 26.0 Å². The maximum atomic E-state index is 13.4. The Bertz CT molecular complexity index is 1140. The third-order valence-electron chi connectivity index (χ3n) is 8.54. The molecule has 0 unspecified atom stereocenters. The lowest BCUT2D eigenvalue weighted by Gasteiger charge is -2.39. The van der Waals surface area contributed by atoms with Crippen LogP contribution in [0.1, 0.15) is 50.3 Å². The lowest BCUT2D eigenvalue weighted by Crippen LogP contribution is -2.46. The summed E-state index contributed by atoms with van der Waals surface area (Å²) in [5.74, 6) is 1.24. The molecule has 2 amide bonds. The normalized spacial score (nSPS) is 26.1. The quantitative estimate of drug-likeness (QED) is 0.619. The molecule has 198 valence electrons. The average Bonchev–Trinajstić information content (AvgIpc) is 3.28. The highest BCUT2D eigenvalue weighted by Gasteiger charge is 2.36. The molecular formula is C29H40N6O2. The number of pyridine rings is 1. The number of anilines is 3. The number of rotatable bonds is 4. The molecule has 0 aliphatic carbocycles. The number of hydrogen-bond acceptors (Lipinski definition) is 6. The molecule has 0 bridgehead atoms. The highest BCUT2D eigenvalue weighted by molar-refractivity contribution is 6.39. The third kappa shape index (κ3) is 5.44. The minimum absolute atomic E-state index is 0.103. The van der Waals surface area contributed by atoms with Crippen molar-refractivity contribution in [2.45, 2.75) is 45.6 Å². The number of likely N-dealkylation sites (tertiary alicyclic amines) is 2. The summed E-state index contributed by atoms with van der Waals surface area (Å²) in [5, 5.41) is 2.74. The third-order valence-corrected chi connectivity index (χ3v) is 8.54. The number of aryl methyl sites for hydroxylation is 1. The van der Waals surface area contributed by atoms with Crippen LogP contribution in [0.2, 0.25) is 0 Å². The number of amides is 2. The van der Waals surface area contributed by atoms with Crippen molar-refractivity contribution in [3.63, 3.8) is 0 Å². The van der Waals surface area contributed by atoms with Crippen LogP contribution in [-0.4, -0.2) is 66.4 Å². The number of hydrogen-bond donors (Lipinski definition) is 2. The zero-order valence-electron chi connectivity index (χ0n) is 22.3. The van der Waals surface area contributed by atoms with E-state index >= 15 is 0 Å². The largest absolute Gasteiger partial charge is 0.383 e. The van der Waals surface area contributed by atoms with E-state index in [4.69, 9.17) is 5.73 Å². The van der Waals surface area contributed by atoms with Crippen LogP contribution < -0.4 is 16.0 Å². The first kappa shape index (κ1) is 25.5. The van der Waals surface area contributed by atoms with Crippen molar-refractivity contribution in [1.29, 1.82) is 0 Å². The van der Waals surface area contributed by atoms with Crippen molar-refractivity contribution < 1.29 is 9.59 Å². The van der Waals surface area contributed by atoms with Crippen LogP contribution >= 0.6 is 0 Å². The number of nitrogens with one attached hydrogen (secondary N) is 1. The highest BCUT2D eigenvalue weighted by atomic mass is 16.2. The molecule has 5 rings (SSSR count). The van der Waals surface area contributed by atoms with Crippen molar-refractivity contribution >= 4 is 29.0 Å². The molecule has 1 aromatic heterocycles. The van der Waals surface area contributed by atoms with Gasteiger partial charge in [0.1, 0.15) is 5.82 Å². The molecular weight excluding hydrogens is 464 g/mol. The number of piperidine rings is 2. The van der Waals surface area contributed by atoms with Crippen LogP contribution in [0.5, 0.6) is 0 Å². The van der Waals surface area contributed by atoms with Crippen LogP contribution in [0, 0.1) is 17.8 Å². The lowest BCUT2D eigenvalue weighted by atomic mass is 9.88. The highest BCUT2D eigenvalue weighted by Crippen LogP contribution is 2.36. The first-order valence-corrected chi connectivity index (χ1v) is 13.7. The topological polar surface area (TPSA) is 94.8 Å². The Kier molecular flexibility index (Phi) is 7.38. The van der Waals surface area contributed by atoms with Crippen LogP contribution in [0.4, 0.5) is 17.2 Å². The standard InChI is InChI=1S/C29H40N6O2/c1-4-20-13-24(14-31-27(20)30)32-28(36)29(37)35-15-19(2)5-10-26(35)21-6-8-25(9-7-21)34-12-11-22-16-33(3)17-23(22)18-34/h6-9,13-14,19,22-23,26H,4-5,10-12,15-18H2,1-3H3,(H2,30,31)(H,32,36)/t19-,22+,23+,26+/m0/s1. The minimum Gasteiger partial charge on any atom is -0.383 e. The maximum absolute atomic E-state index is 13.4. The van der Waals surface area contributed by atoms with Crippen LogP contribution in [0.15, 0.2) is 36.5 Å². The minimum atomic E-state index is -0.631. The second kappa shape index (κ2) is 10.7. The Hall–Kier alpha value is -3.13. The van der Waals surface area contributed by atoms with E-state index in [0.29, 0.717) is 30.4 Å². The summed E-state index contributed by atoms with van der Waals surface area (Å²) < 4.78 is 0. The van der Waals surface area contributed by atoms with Gasteiger partial charge in [-0.05, 0) is 79.8 Å². The number of aromatic nitrogens is 1. The fourth-order valence-electron chi connectivity index (χ4n) is 6.46. The molecule has 37 heavy (non-hydrogen) atoms. The summed E-state index contributed by atoms with van der Waals surface area (Å²) in [5.41, 5.74) is 9.57. The van der Waals surface area contributed by atoms with Gasteiger partial charge in [0.15, 0.2) is 0 Å². The Morgan fingerprint density at radius 2 is 1.81 bits per heavy atom. The molecule has 0 saturated carbocycles. The molecule has 1 aromatic carbocycles. The van der Waals surface area contributed by atoms with Gasteiger partial charge in [0.05, 0.1) is 17.9 Å². The summed E-state index contributed by atoms with van der Waals surface area (Å²) in [6.07, 6.45) is 5.33. The number of nitrogen functional groups attached to an aromatic ring is 1. The monoisotopic (exact) mass is 504 g/mol. The Morgan fingerprint density at radius 1 is 1.05 bits per heavy atom. The number of nitrogens with two attached hydrogens (primary N) is 1. The average molecular weight is 505 g/mol. The van der Waals surface area contributed by atoms with Crippen molar-refractivity contribution in [3.8, 4) is 0 Å². The SMILES string of the molecule is CCc1cc(NC(=O)C(=O)N2C[C@@H](C)CC[C@@H]2c2ccc(N3CC[C@@H]4CN(C)C[C@@H]4C3)cc2)cnc1N. The van der Waals surface area contributed by atoms with Gasteiger partial charge in [0.25, 0.3) is 0 Å². The van der Waals surface area contributed by atoms with E-state index in [0.717, 1.165) is 48.9 Å². The van der Waals surface area contributed by atoms with Gasteiger partial charge in [0.2, 0.25) is 0 Å². The van der Waals surface area contributed by atoms with Crippen LogP contribution in [0.25, 0.3) is 0 Å². The second-order valence-corrected chi connectivity index (χ2v) is 11.3. The van der Waals surface area contributed by atoms with E-state index < -0.39 is 11.8 Å². The van der Waals surface area contributed by atoms with E-state index in [1.54, 1.807) is 11.0 Å². The fraction of sp³-hybridized carbons (Fsp3) is 0.552. The molecule has 8 heteroatoms. The Labute approximate surface area is 220 Å². The molecule has 3 aliphatic rings. The molecule has 4 heterocycles. The van der Waals surface area contributed by atoms with Gasteiger partial charge in [-0.25, -0.2) is 4.98 Å². The fourth-order valence-corrected chi connectivity index (χ4v) is 6.46. The molecule has 3 fully saturated rings. The molecule has 3 saturated heterocycles. The van der Waals surface area contributed by atoms with Gasteiger partial charge < -0.3 is 25.8 Å². The van der Waals surface area contributed by atoms with Crippen molar-refractivity contribution in [2.24, 2.45) is 17.8 Å². The first-order valence-electron chi connectivity index (χ1n) is 13.7. The zero-order valence-corrected chi connectivity index (χ0v) is 22.3. The molecule has 8 nitrogen and oxygen atoms in total. The number of fused-ring (bicyclic) bond motifs is 1. The van der Waals surface area contributed by atoms with E-state index in [2.05, 4.69) is 58.3 Å². The molecule has 3 aliphatic heterocycles. The molecule has 4 atom stereocenters. The summed E-state index contributed by atoms with van der Waals surface area (Å²) in [4.78, 5) is 37.2. The van der Waals surface area contributed by atoms with Crippen molar-refractivity contribution in [3.05, 3.63) is 47.7 Å². The summed E-state index contributed by atoms with van der Waals surface area (Å²) in [6.45, 7) is 9.30. The lowest BCUT2D eigenvalue weighted by molar-refractivity contribution is -0.146. The van der Waals surface area contributed by atoms with Crippen LogP contribution in [-0.2, 0) is 16.0 Å². The summed E-state index contributed by atoms with van der Waals surface area (Å²) in [7, 11) is 2.23. The second-order valence-electron chi connectivity index (χ2n) is 11.3. The predicted molar refractivity (Wildman–Crippen MR) is 147 cm³/mol. The van der Waals surface area contributed by atoms with E-state index in [-0.39, 0.29) is 6.04 Å². The smallest absolute Gasteiger partial charge is 0.313 e. The number of carbonyl (C=O) groups excluding carboxylic acids is 2. The number of benzene rings is 1. The van der Waals surface area contributed by atoms with Gasteiger partial charge in [0, 0.05) is 38.4 Å². The Balaban J connectivity index is 1.28. The molecule has 0 radical (unpaired) electrons. The van der Waals surface area contributed by atoms with E-state index in [1.165, 1.54) is 31.4 Å². The van der Waals surface area contributed by atoms with E-state index in [9.17, 15) is 9.59 Å². The first-order chi connectivity index (χ1) is 17.8. The Morgan fingerprint density at radius 3 is 2.57 bits per heavy atom. The zero-order chi connectivity index (χ0) is 26.1. The number of nitrogens with zero attached hydrogens (tertiary/aromatic N) is 4. The number of carbonyl (C=O) groups is 2. The summed E-state index contributed by atoms with van der Waals surface area (Å²) >= 11 is 0. The van der Waals surface area contributed by atoms with Gasteiger partial charge in [-0.15, -0.1) is 0 Å². The van der Waals surface area contributed by atoms with Gasteiger partial charge >= 0.3 is 11.8 Å². The van der Waals surface area contributed by atoms with Crippen molar-refractivity contribution in [2.75, 3.05) is 55.7 Å². The molecule has 3 N–H and O–H groups in total. The van der Waals surface area contributed by atoms with Crippen LogP contribution in [0.3, 0.4) is 0 Å². The predicted octanol–water partition coefficient (Wildman–Crippen LogP) is 3.55. The summed E-state index contributed by atoms with van der Waals surface area (Å²) in [6, 6.07) is 10.4. The van der Waals surface area contributed by atoms with Gasteiger partial charge in [-0.2, -0.15) is 0 Å².